The summed E-state index contributed by atoms with van der Waals surface area (Å²) in [4.78, 5) is 15.1. The molecule has 0 unspecified atom stereocenters. The number of carbonyl (C=O) groups is 1. The Morgan fingerprint density at radius 3 is 2.19 bits per heavy atom. The highest BCUT2D eigenvalue weighted by Gasteiger charge is 2.32. The van der Waals surface area contributed by atoms with Crippen LogP contribution in [0.3, 0.4) is 0 Å². The van der Waals surface area contributed by atoms with Gasteiger partial charge in [0.15, 0.2) is 0 Å². The molecule has 7 heteroatoms. The standard InChI is InChI=1S/C24H33N3O3S/c1-5-18(2)21-10-12-22(13-11-21)31(29,30)27-16-14-26(15-17-27)20(4)24(28)25-23-9-7-6-8-19(23)3/h6-13,18,20H,5,14-17H2,1-4H3,(H,25,28)/t18-,20+/m1/s1. The number of nitrogens with zero attached hydrogens (tertiary/aromatic N) is 2. The summed E-state index contributed by atoms with van der Waals surface area (Å²) < 4.78 is 27.6. The summed E-state index contributed by atoms with van der Waals surface area (Å²) in [6.07, 6.45) is 1.02. The Bertz CT molecular complexity index is 997. The predicted octanol–water partition coefficient (Wildman–Crippen LogP) is 3.84. The van der Waals surface area contributed by atoms with E-state index in [0.29, 0.717) is 37.0 Å². The van der Waals surface area contributed by atoms with Crippen LogP contribution in [0.2, 0.25) is 0 Å². The number of benzene rings is 2. The molecule has 0 aliphatic carbocycles. The second-order valence-corrected chi connectivity index (χ2v) is 10.2. The molecule has 0 bridgehead atoms. The minimum atomic E-state index is -3.53. The van der Waals surface area contributed by atoms with E-state index in [9.17, 15) is 13.2 Å². The summed E-state index contributed by atoms with van der Waals surface area (Å²) in [5, 5.41) is 2.98. The molecule has 1 fully saturated rings. The summed E-state index contributed by atoms with van der Waals surface area (Å²) in [7, 11) is -3.53. The predicted molar refractivity (Wildman–Crippen MR) is 125 cm³/mol. The van der Waals surface area contributed by atoms with Gasteiger partial charge in [-0.05, 0) is 55.5 Å². The fourth-order valence-electron chi connectivity index (χ4n) is 3.80. The fourth-order valence-corrected chi connectivity index (χ4v) is 5.22. The molecule has 6 nitrogen and oxygen atoms in total. The van der Waals surface area contributed by atoms with Gasteiger partial charge in [-0.3, -0.25) is 9.69 Å². The maximum Gasteiger partial charge on any atom is 0.243 e. The van der Waals surface area contributed by atoms with Crippen molar-refractivity contribution >= 4 is 21.6 Å². The Kier molecular flexibility index (Phi) is 7.51. The van der Waals surface area contributed by atoms with Crippen molar-refractivity contribution in [2.75, 3.05) is 31.5 Å². The van der Waals surface area contributed by atoms with Crippen molar-refractivity contribution in [2.24, 2.45) is 0 Å². The van der Waals surface area contributed by atoms with Gasteiger partial charge >= 0.3 is 0 Å². The number of aryl methyl sites for hydroxylation is 1. The lowest BCUT2D eigenvalue weighted by molar-refractivity contribution is -0.121. The van der Waals surface area contributed by atoms with Gasteiger partial charge in [-0.2, -0.15) is 4.31 Å². The van der Waals surface area contributed by atoms with Crippen molar-refractivity contribution in [1.29, 1.82) is 0 Å². The molecule has 31 heavy (non-hydrogen) atoms. The van der Waals surface area contributed by atoms with Gasteiger partial charge < -0.3 is 5.32 Å². The Labute approximate surface area is 186 Å². The number of amides is 1. The molecule has 0 spiro atoms. The molecule has 1 amide bonds. The van der Waals surface area contributed by atoms with E-state index < -0.39 is 10.0 Å². The summed E-state index contributed by atoms with van der Waals surface area (Å²) in [6, 6.07) is 14.6. The monoisotopic (exact) mass is 443 g/mol. The SMILES string of the molecule is CC[C@@H](C)c1ccc(S(=O)(=O)N2CCN([C@@H](C)C(=O)Nc3ccccc3C)CC2)cc1. The van der Waals surface area contributed by atoms with Crippen LogP contribution < -0.4 is 5.32 Å². The van der Waals surface area contributed by atoms with Crippen LogP contribution in [0.1, 0.15) is 44.2 Å². The molecule has 0 aromatic heterocycles. The number of para-hydroxylation sites is 1. The zero-order valence-electron chi connectivity index (χ0n) is 18.8. The van der Waals surface area contributed by atoms with Gasteiger partial charge in [0.2, 0.25) is 15.9 Å². The summed E-state index contributed by atoms with van der Waals surface area (Å²) >= 11 is 0. The third-order valence-corrected chi connectivity index (χ3v) is 8.22. The van der Waals surface area contributed by atoms with Crippen LogP contribution in [0.15, 0.2) is 53.4 Å². The van der Waals surface area contributed by atoms with Gasteiger partial charge in [0, 0.05) is 31.9 Å². The quantitative estimate of drug-likeness (QED) is 0.706. The molecular formula is C24H33N3O3S. The first kappa shape index (κ1) is 23.4. The van der Waals surface area contributed by atoms with Crippen LogP contribution >= 0.6 is 0 Å². The highest BCUT2D eigenvalue weighted by Crippen LogP contribution is 2.23. The largest absolute Gasteiger partial charge is 0.324 e. The maximum atomic E-state index is 13.1. The van der Waals surface area contributed by atoms with Gasteiger partial charge in [-0.15, -0.1) is 0 Å². The first-order valence-electron chi connectivity index (χ1n) is 10.9. The van der Waals surface area contributed by atoms with Crippen LogP contribution in [0.5, 0.6) is 0 Å². The molecule has 1 heterocycles. The second-order valence-electron chi connectivity index (χ2n) is 8.30. The number of sulfonamides is 1. The highest BCUT2D eigenvalue weighted by molar-refractivity contribution is 7.89. The van der Waals surface area contributed by atoms with E-state index >= 15 is 0 Å². The van der Waals surface area contributed by atoms with Crippen molar-refractivity contribution in [3.8, 4) is 0 Å². The topological polar surface area (TPSA) is 69.7 Å². The van der Waals surface area contributed by atoms with E-state index in [-0.39, 0.29) is 11.9 Å². The van der Waals surface area contributed by atoms with Crippen molar-refractivity contribution in [1.82, 2.24) is 9.21 Å². The number of anilines is 1. The van der Waals surface area contributed by atoms with Gasteiger partial charge in [0.1, 0.15) is 0 Å². The van der Waals surface area contributed by atoms with E-state index in [4.69, 9.17) is 0 Å². The van der Waals surface area contributed by atoms with Crippen molar-refractivity contribution < 1.29 is 13.2 Å². The zero-order valence-corrected chi connectivity index (χ0v) is 19.7. The lowest BCUT2D eigenvalue weighted by Gasteiger charge is -2.36. The Balaban J connectivity index is 1.60. The molecule has 1 aliphatic heterocycles. The Morgan fingerprint density at radius 1 is 1.00 bits per heavy atom. The number of nitrogens with one attached hydrogen (secondary N) is 1. The number of hydrogen-bond donors (Lipinski definition) is 1. The molecule has 2 atom stereocenters. The van der Waals surface area contributed by atoms with E-state index in [1.807, 2.05) is 55.1 Å². The number of carbonyl (C=O) groups excluding carboxylic acids is 1. The molecular weight excluding hydrogens is 410 g/mol. The number of rotatable bonds is 7. The fraction of sp³-hybridized carbons (Fsp3) is 0.458. The minimum absolute atomic E-state index is 0.0776. The zero-order chi connectivity index (χ0) is 22.6. The van der Waals surface area contributed by atoms with Crippen LogP contribution in [-0.4, -0.2) is 55.8 Å². The van der Waals surface area contributed by atoms with Crippen molar-refractivity contribution in [3.63, 3.8) is 0 Å². The average molecular weight is 444 g/mol. The van der Waals surface area contributed by atoms with E-state index in [1.54, 1.807) is 12.1 Å². The number of piperazine rings is 1. The first-order valence-corrected chi connectivity index (χ1v) is 12.4. The Hall–Kier alpha value is -2.22. The molecule has 0 saturated carbocycles. The van der Waals surface area contributed by atoms with Crippen molar-refractivity contribution in [3.05, 3.63) is 59.7 Å². The molecule has 2 aromatic rings. The second kappa shape index (κ2) is 9.94. The molecule has 1 saturated heterocycles. The molecule has 0 radical (unpaired) electrons. The third kappa shape index (κ3) is 5.34. The molecule has 1 N–H and O–H groups in total. The Morgan fingerprint density at radius 2 is 1.61 bits per heavy atom. The maximum absolute atomic E-state index is 13.1. The van der Waals surface area contributed by atoms with Crippen LogP contribution in [0.25, 0.3) is 0 Å². The van der Waals surface area contributed by atoms with Crippen LogP contribution in [0.4, 0.5) is 5.69 Å². The van der Waals surface area contributed by atoms with Crippen LogP contribution in [-0.2, 0) is 14.8 Å². The van der Waals surface area contributed by atoms with E-state index in [2.05, 4.69) is 19.2 Å². The van der Waals surface area contributed by atoms with Gasteiger partial charge in [-0.1, -0.05) is 44.2 Å². The molecule has 3 rings (SSSR count). The number of hydrogen-bond acceptors (Lipinski definition) is 4. The lowest BCUT2D eigenvalue weighted by Crippen LogP contribution is -2.53. The highest BCUT2D eigenvalue weighted by atomic mass is 32.2. The van der Waals surface area contributed by atoms with Crippen molar-refractivity contribution in [2.45, 2.75) is 51.0 Å². The molecule has 168 valence electrons. The summed E-state index contributed by atoms with van der Waals surface area (Å²) in [5.74, 6) is 0.332. The molecule has 1 aliphatic rings. The van der Waals surface area contributed by atoms with E-state index in [1.165, 1.54) is 4.31 Å². The van der Waals surface area contributed by atoms with Gasteiger partial charge in [-0.25, -0.2) is 8.42 Å². The van der Waals surface area contributed by atoms with Gasteiger partial charge in [0.05, 0.1) is 10.9 Å². The van der Waals surface area contributed by atoms with Crippen LogP contribution in [0, 0.1) is 6.92 Å². The van der Waals surface area contributed by atoms with E-state index in [0.717, 1.165) is 23.2 Å². The first-order chi connectivity index (χ1) is 14.7. The average Bonchev–Trinajstić information content (AvgIpc) is 2.79. The summed E-state index contributed by atoms with van der Waals surface area (Å²) in [5.41, 5.74) is 2.97. The summed E-state index contributed by atoms with van der Waals surface area (Å²) in [6.45, 7) is 9.87. The van der Waals surface area contributed by atoms with Gasteiger partial charge in [0.25, 0.3) is 0 Å². The lowest BCUT2D eigenvalue weighted by atomic mass is 9.99. The third-order valence-electron chi connectivity index (χ3n) is 6.30. The molecule has 2 aromatic carbocycles. The minimum Gasteiger partial charge on any atom is -0.324 e. The normalized spacial score (nSPS) is 17.8. The smallest absolute Gasteiger partial charge is 0.243 e.